The molecule has 11 heavy (non-hydrogen) atoms. The van der Waals surface area contributed by atoms with Crippen LogP contribution in [0.25, 0.3) is 0 Å². The van der Waals surface area contributed by atoms with E-state index in [1.807, 2.05) is 0 Å². The molecule has 2 atom stereocenters. The van der Waals surface area contributed by atoms with Gasteiger partial charge >= 0.3 is 10.4 Å². The monoisotopic (exact) mass is 176 g/mol. The fraction of sp³-hybridized carbons (Fsp3) is 0.667. The van der Waals surface area contributed by atoms with Crippen molar-refractivity contribution in [2.45, 2.75) is 13.0 Å². The Balaban J connectivity index is 2.71. The molecule has 1 heterocycles. The zero-order valence-corrected chi connectivity index (χ0v) is 6.80. The molecule has 5 heteroatoms. The Morgan fingerprint density at radius 1 is 1.64 bits per heavy atom. The molecule has 0 aromatic carbocycles. The fourth-order valence-electron chi connectivity index (χ4n) is 0.756. The second-order valence-electron chi connectivity index (χ2n) is 2.27. The van der Waals surface area contributed by atoms with Crippen LogP contribution in [0.1, 0.15) is 6.92 Å². The third kappa shape index (κ3) is 1.93. The lowest BCUT2D eigenvalue weighted by Crippen LogP contribution is -2.34. The molecule has 1 aliphatic rings. The minimum atomic E-state index is -3.77. The van der Waals surface area contributed by atoms with Gasteiger partial charge in [0, 0.05) is 0 Å². The highest BCUT2D eigenvalue weighted by molar-refractivity contribution is 7.81. The molecule has 0 aliphatic carbocycles. The van der Waals surface area contributed by atoms with Gasteiger partial charge in [-0.15, -0.1) is 6.42 Å². The van der Waals surface area contributed by atoms with Crippen molar-refractivity contribution >= 4 is 10.4 Å². The lowest BCUT2D eigenvalue weighted by Gasteiger charge is -2.23. The van der Waals surface area contributed by atoms with Crippen molar-refractivity contribution in [3.63, 3.8) is 0 Å². The van der Waals surface area contributed by atoms with Crippen molar-refractivity contribution in [3.05, 3.63) is 0 Å². The van der Waals surface area contributed by atoms with Crippen LogP contribution in [0.3, 0.4) is 0 Å². The first-order valence-electron chi connectivity index (χ1n) is 3.09. The predicted octanol–water partition coefficient (Wildman–Crippen LogP) is -0.0841. The van der Waals surface area contributed by atoms with E-state index in [2.05, 4.69) is 14.3 Å². The predicted molar refractivity (Wildman–Crippen MR) is 37.7 cm³/mol. The summed E-state index contributed by atoms with van der Waals surface area (Å²) in [5, 5.41) is 0. The van der Waals surface area contributed by atoms with Crippen molar-refractivity contribution in [1.82, 2.24) is 0 Å². The van der Waals surface area contributed by atoms with E-state index in [1.54, 1.807) is 6.92 Å². The van der Waals surface area contributed by atoms with Gasteiger partial charge in [0.05, 0.1) is 18.6 Å². The minimum absolute atomic E-state index is 0.0139. The van der Waals surface area contributed by atoms with Gasteiger partial charge in [-0.25, -0.2) is 8.37 Å². The van der Waals surface area contributed by atoms with Crippen LogP contribution in [-0.4, -0.2) is 21.1 Å². The molecule has 0 radical (unpaired) electrons. The summed E-state index contributed by atoms with van der Waals surface area (Å²) in [6, 6.07) is 0. The van der Waals surface area contributed by atoms with Gasteiger partial charge in [0.1, 0.15) is 0 Å². The van der Waals surface area contributed by atoms with Gasteiger partial charge in [-0.3, -0.25) is 0 Å². The first-order valence-corrected chi connectivity index (χ1v) is 4.42. The summed E-state index contributed by atoms with van der Waals surface area (Å²) in [5.41, 5.74) is 0. The maximum atomic E-state index is 10.6. The summed E-state index contributed by atoms with van der Waals surface area (Å²) in [4.78, 5) is 0. The highest BCUT2D eigenvalue weighted by Crippen LogP contribution is 2.18. The van der Waals surface area contributed by atoms with Crippen molar-refractivity contribution in [2.24, 2.45) is 5.92 Å². The van der Waals surface area contributed by atoms with E-state index in [0.29, 0.717) is 0 Å². The van der Waals surface area contributed by atoms with E-state index in [1.165, 1.54) is 0 Å². The van der Waals surface area contributed by atoms with Crippen LogP contribution in [0.5, 0.6) is 0 Å². The molecule has 1 fully saturated rings. The maximum absolute atomic E-state index is 10.6. The topological polar surface area (TPSA) is 52.6 Å². The van der Waals surface area contributed by atoms with Crippen molar-refractivity contribution in [3.8, 4) is 12.3 Å². The average Bonchev–Trinajstić information content (AvgIpc) is 1.86. The number of hydrogen-bond donors (Lipinski definition) is 0. The molecule has 62 valence electrons. The Bertz CT molecular complexity index is 273. The van der Waals surface area contributed by atoms with Crippen LogP contribution in [-0.2, 0) is 18.8 Å². The quantitative estimate of drug-likeness (QED) is 0.484. The maximum Gasteiger partial charge on any atom is 0.400 e. The molecule has 0 aromatic heterocycles. The van der Waals surface area contributed by atoms with Gasteiger partial charge in [0.15, 0.2) is 0 Å². The van der Waals surface area contributed by atoms with Gasteiger partial charge in [-0.05, 0) is 6.92 Å². The van der Waals surface area contributed by atoms with E-state index in [9.17, 15) is 8.42 Å². The molecule has 1 aliphatic heterocycles. The van der Waals surface area contributed by atoms with Gasteiger partial charge in [-0.1, -0.05) is 5.92 Å². The average molecular weight is 176 g/mol. The number of rotatable bonds is 0. The smallest absolute Gasteiger partial charge is 0.247 e. The molecule has 1 rings (SSSR count). The van der Waals surface area contributed by atoms with Crippen molar-refractivity contribution in [2.75, 3.05) is 6.61 Å². The van der Waals surface area contributed by atoms with Crippen LogP contribution >= 0.6 is 0 Å². The largest absolute Gasteiger partial charge is 0.400 e. The highest BCUT2D eigenvalue weighted by Gasteiger charge is 2.30. The first-order chi connectivity index (χ1) is 5.05. The Labute approximate surface area is 65.8 Å². The summed E-state index contributed by atoms with van der Waals surface area (Å²) >= 11 is 0. The molecule has 0 amide bonds. The molecule has 0 spiro atoms. The van der Waals surface area contributed by atoms with Gasteiger partial charge in [0.25, 0.3) is 0 Å². The van der Waals surface area contributed by atoms with Crippen LogP contribution < -0.4 is 0 Å². The third-order valence-electron chi connectivity index (χ3n) is 1.44. The lowest BCUT2D eigenvalue weighted by atomic mass is 10.1. The standard InChI is InChI=1S/C6H8O4S/c1-3-6-4-9-11(7,8)10-5(6)2/h1,5-6H,4H2,2H3. The van der Waals surface area contributed by atoms with Crippen LogP contribution in [0, 0.1) is 18.3 Å². The van der Waals surface area contributed by atoms with Crippen molar-refractivity contribution in [1.29, 1.82) is 0 Å². The fourth-order valence-corrected chi connectivity index (χ4v) is 1.63. The van der Waals surface area contributed by atoms with E-state index in [4.69, 9.17) is 6.42 Å². The van der Waals surface area contributed by atoms with Gasteiger partial charge in [-0.2, -0.15) is 8.42 Å². The van der Waals surface area contributed by atoms with Gasteiger partial charge < -0.3 is 0 Å². The Morgan fingerprint density at radius 3 is 2.73 bits per heavy atom. The molecular formula is C6H8O4S. The Kier molecular flexibility index (Phi) is 2.18. The Hall–Kier alpha value is -0.570. The van der Waals surface area contributed by atoms with Crippen molar-refractivity contribution < 1.29 is 16.8 Å². The number of terminal acetylenes is 1. The SMILES string of the molecule is C#CC1COS(=O)(=O)OC1C. The summed E-state index contributed by atoms with van der Waals surface area (Å²) < 4.78 is 30.1. The zero-order valence-electron chi connectivity index (χ0n) is 5.98. The van der Waals surface area contributed by atoms with E-state index in [0.717, 1.165) is 0 Å². The zero-order chi connectivity index (χ0) is 8.48. The molecule has 0 N–H and O–H groups in total. The second-order valence-corrected chi connectivity index (χ2v) is 3.51. The molecule has 0 saturated carbocycles. The van der Waals surface area contributed by atoms with Gasteiger partial charge in [0.2, 0.25) is 0 Å². The first kappa shape index (κ1) is 8.53. The molecule has 0 aromatic rings. The summed E-state index contributed by atoms with van der Waals surface area (Å²) in [7, 11) is -3.77. The summed E-state index contributed by atoms with van der Waals surface area (Å²) in [6.07, 6.45) is 4.59. The summed E-state index contributed by atoms with van der Waals surface area (Å²) in [5.74, 6) is 2.10. The van der Waals surface area contributed by atoms with Crippen LogP contribution in [0.15, 0.2) is 0 Å². The molecular weight excluding hydrogens is 168 g/mol. The lowest BCUT2D eigenvalue weighted by molar-refractivity contribution is 0.0713. The number of hydrogen-bond acceptors (Lipinski definition) is 4. The van der Waals surface area contributed by atoms with E-state index >= 15 is 0 Å². The Morgan fingerprint density at radius 2 is 2.27 bits per heavy atom. The van der Waals surface area contributed by atoms with E-state index in [-0.39, 0.29) is 12.5 Å². The van der Waals surface area contributed by atoms with Crippen LogP contribution in [0.2, 0.25) is 0 Å². The molecule has 4 nitrogen and oxygen atoms in total. The second kappa shape index (κ2) is 2.81. The van der Waals surface area contributed by atoms with Crippen LogP contribution in [0.4, 0.5) is 0 Å². The third-order valence-corrected chi connectivity index (χ3v) is 2.41. The highest BCUT2D eigenvalue weighted by atomic mass is 32.3. The minimum Gasteiger partial charge on any atom is -0.247 e. The van der Waals surface area contributed by atoms with E-state index < -0.39 is 16.5 Å². The molecule has 0 bridgehead atoms. The normalized spacial score (nSPS) is 36.0. The molecule has 1 saturated heterocycles. The molecule has 2 unspecified atom stereocenters. The summed E-state index contributed by atoms with van der Waals surface area (Å²) in [6.45, 7) is 1.62.